The van der Waals surface area contributed by atoms with E-state index in [1.165, 1.54) is 18.4 Å². The minimum Gasteiger partial charge on any atom is -0.497 e. The molecular weight excluding hydrogens is 383 g/mol. The first-order valence-corrected chi connectivity index (χ1v) is 9.91. The predicted molar refractivity (Wildman–Crippen MR) is 110 cm³/mol. The van der Waals surface area contributed by atoms with Crippen LogP contribution in [0.15, 0.2) is 42.5 Å². The van der Waals surface area contributed by atoms with E-state index < -0.39 is 0 Å². The molecule has 144 valence electrons. The number of hydrogen-bond acceptors (Lipinski definition) is 3. The summed E-state index contributed by atoms with van der Waals surface area (Å²) in [6.07, 6.45) is 2.56. The van der Waals surface area contributed by atoms with Crippen molar-refractivity contribution >= 4 is 29.1 Å². The SMILES string of the molecule is COc1ccc([C@@H](CNC(=O)Cc2c(Cl)cccc2Cl)N2CCCC2)cc1. The van der Waals surface area contributed by atoms with Crippen LogP contribution in [0.1, 0.15) is 30.0 Å². The number of nitrogens with one attached hydrogen (secondary N) is 1. The Hall–Kier alpha value is -1.75. The second-order valence-electron chi connectivity index (χ2n) is 6.71. The fraction of sp³-hybridized carbons (Fsp3) is 0.381. The Morgan fingerprint density at radius 1 is 1.11 bits per heavy atom. The highest BCUT2D eigenvalue weighted by Crippen LogP contribution is 2.27. The molecule has 1 N–H and O–H groups in total. The number of amides is 1. The Bertz CT molecular complexity index is 754. The van der Waals surface area contributed by atoms with Crippen molar-refractivity contribution in [3.8, 4) is 5.75 Å². The van der Waals surface area contributed by atoms with Gasteiger partial charge >= 0.3 is 0 Å². The minimum absolute atomic E-state index is 0.0808. The first kappa shape index (κ1) is 20.0. The third-order valence-corrected chi connectivity index (χ3v) is 5.68. The van der Waals surface area contributed by atoms with Crippen molar-refractivity contribution in [1.29, 1.82) is 0 Å². The Kier molecular flexibility index (Phi) is 7.00. The van der Waals surface area contributed by atoms with Gasteiger partial charge in [0.15, 0.2) is 0 Å². The maximum absolute atomic E-state index is 12.5. The molecule has 1 fully saturated rings. The number of likely N-dealkylation sites (tertiary alicyclic amines) is 1. The normalized spacial score (nSPS) is 15.5. The van der Waals surface area contributed by atoms with E-state index in [0.717, 1.165) is 18.8 Å². The van der Waals surface area contributed by atoms with Crippen molar-refractivity contribution in [2.75, 3.05) is 26.7 Å². The molecular formula is C21H24Cl2N2O2. The van der Waals surface area contributed by atoms with Crippen LogP contribution in [0.2, 0.25) is 10.0 Å². The number of ether oxygens (including phenoxy) is 1. The molecule has 0 unspecified atom stereocenters. The zero-order chi connectivity index (χ0) is 19.2. The van der Waals surface area contributed by atoms with E-state index in [9.17, 15) is 4.79 Å². The smallest absolute Gasteiger partial charge is 0.224 e. The van der Waals surface area contributed by atoms with Gasteiger partial charge in [-0.05, 0) is 61.3 Å². The average Bonchev–Trinajstić information content (AvgIpc) is 3.20. The highest BCUT2D eigenvalue weighted by Gasteiger charge is 2.24. The summed E-state index contributed by atoms with van der Waals surface area (Å²) in [5, 5.41) is 4.10. The lowest BCUT2D eigenvalue weighted by Gasteiger charge is -2.28. The van der Waals surface area contributed by atoms with Crippen molar-refractivity contribution in [1.82, 2.24) is 10.2 Å². The lowest BCUT2D eigenvalue weighted by molar-refractivity contribution is -0.120. The number of methoxy groups -OCH3 is 1. The molecule has 2 aromatic carbocycles. The fourth-order valence-corrected chi connectivity index (χ4v) is 4.00. The van der Waals surface area contributed by atoms with Crippen molar-refractivity contribution in [3.05, 3.63) is 63.6 Å². The number of nitrogens with zero attached hydrogens (tertiary/aromatic N) is 1. The van der Waals surface area contributed by atoms with Gasteiger partial charge in [-0.3, -0.25) is 9.69 Å². The van der Waals surface area contributed by atoms with Gasteiger partial charge in [0.1, 0.15) is 5.75 Å². The molecule has 1 aliphatic rings. The molecule has 4 nitrogen and oxygen atoms in total. The second kappa shape index (κ2) is 9.45. The molecule has 1 atom stereocenters. The molecule has 0 aliphatic carbocycles. The van der Waals surface area contributed by atoms with Crippen LogP contribution in [-0.4, -0.2) is 37.6 Å². The van der Waals surface area contributed by atoms with Crippen LogP contribution in [0.3, 0.4) is 0 Å². The topological polar surface area (TPSA) is 41.6 Å². The van der Waals surface area contributed by atoms with E-state index in [1.54, 1.807) is 25.3 Å². The zero-order valence-electron chi connectivity index (χ0n) is 15.4. The Labute approximate surface area is 170 Å². The lowest BCUT2D eigenvalue weighted by Crippen LogP contribution is -2.37. The maximum Gasteiger partial charge on any atom is 0.224 e. The molecule has 0 saturated carbocycles. The zero-order valence-corrected chi connectivity index (χ0v) is 16.9. The molecule has 2 aromatic rings. The average molecular weight is 407 g/mol. The van der Waals surface area contributed by atoms with Gasteiger partial charge in [0.05, 0.1) is 19.6 Å². The fourth-order valence-electron chi connectivity index (χ4n) is 3.47. The summed E-state index contributed by atoms with van der Waals surface area (Å²) >= 11 is 12.4. The van der Waals surface area contributed by atoms with Gasteiger partial charge in [-0.15, -0.1) is 0 Å². The molecule has 0 radical (unpaired) electrons. The predicted octanol–water partition coefficient (Wildman–Crippen LogP) is 4.50. The number of benzene rings is 2. The van der Waals surface area contributed by atoms with E-state index in [1.807, 2.05) is 12.1 Å². The molecule has 1 amide bonds. The summed E-state index contributed by atoms with van der Waals surface area (Å²) in [5.74, 6) is 0.749. The summed E-state index contributed by atoms with van der Waals surface area (Å²) in [5.41, 5.74) is 1.84. The molecule has 1 heterocycles. The quantitative estimate of drug-likeness (QED) is 0.735. The largest absolute Gasteiger partial charge is 0.497 e. The minimum atomic E-state index is -0.0808. The van der Waals surface area contributed by atoms with Crippen LogP contribution in [0.4, 0.5) is 0 Å². The van der Waals surface area contributed by atoms with Gasteiger partial charge in [-0.1, -0.05) is 41.4 Å². The van der Waals surface area contributed by atoms with Gasteiger partial charge in [0.2, 0.25) is 5.91 Å². The van der Waals surface area contributed by atoms with Crippen LogP contribution >= 0.6 is 23.2 Å². The van der Waals surface area contributed by atoms with Crippen LogP contribution in [0.5, 0.6) is 5.75 Å². The maximum atomic E-state index is 12.5. The van der Waals surface area contributed by atoms with Gasteiger partial charge in [0, 0.05) is 16.6 Å². The summed E-state index contributed by atoms with van der Waals surface area (Å²) in [4.78, 5) is 14.9. The first-order chi connectivity index (χ1) is 13.1. The van der Waals surface area contributed by atoms with Crippen molar-refractivity contribution < 1.29 is 9.53 Å². The van der Waals surface area contributed by atoms with Crippen molar-refractivity contribution in [3.63, 3.8) is 0 Å². The lowest BCUT2D eigenvalue weighted by atomic mass is 10.0. The molecule has 1 saturated heterocycles. The summed E-state index contributed by atoms with van der Waals surface area (Å²) in [6.45, 7) is 2.64. The number of rotatable bonds is 7. The van der Waals surface area contributed by atoms with Gasteiger partial charge in [-0.25, -0.2) is 0 Å². The van der Waals surface area contributed by atoms with E-state index in [0.29, 0.717) is 22.2 Å². The Morgan fingerprint density at radius 3 is 2.33 bits per heavy atom. The molecule has 0 spiro atoms. The monoisotopic (exact) mass is 406 g/mol. The van der Waals surface area contributed by atoms with E-state index in [2.05, 4.69) is 22.3 Å². The molecule has 0 aromatic heterocycles. The molecule has 27 heavy (non-hydrogen) atoms. The first-order valence-electron chi connectivity index (χ1n) is 9.16. The van der Waals surface area contributed by atoms with Gasteiger partial charge in [-0.2, -0.15) is 0 Å². The van der Waals surface area contributed by atoms with Gasteiger partial charge < -0.3 is 10.1 Å². The summed E-state index contributed by atoms with van der Waals surface area (Å²) in [7, 11) is 1.66. The van der Waals surface area contributed by atoms with Crippen molar-refractivity contribution in [2.45, 2.75) is 25.3 Å². The second-order valence-corrected chi connectivity index (χ2v) is 7.53. The van der Waals surface area contributed by atoms with Crippen LogP contribution in [0.25, 0.3) is 0 Å². The van der Waals surface area contributed by atoms with Crippen LogP contribution in [-0.2, 0) is 11.2 Å². The van der Waals surface area contributed by atoms with Gasteiger partial charge in [0.25, 0.3) is 0 Å². The molecule has 3 rings (SSSR count). The number of carbonyl (C=O) groups excluding carboxylic acids is 1. The van der Waals surface area contributed by atoms with E-state index >= 15 is 0 Å². The summed E-state index contributed by atoms with van der Waals surface area (Å²) in [6, 6.07) is 13.5. The van der Waals surface area contributed by atoms with E-state index in [4.69, 9.17) is 27.9 Å². The van der Waals surface area contributed by atoms with Crippen molar-refractivity contribution in [2.24, 2.45) is 0 Å². The third-order valence-electron chi connectivity index (χ3n) is 4.97. The summed E-state index contributed by atoms with van der Waals surface area (Å²) < 4.78 is 5.25. The van der Waals surface area contributed by atoms with E-state index in [-0.39, 0.29) is 18.4 Å². The van der Waals surface area contributed by atoms with Crippen LogP contribution in [0, 0.1) is 0 Å². The Morgan fingerprint density at radius 2 is 1.74 bits per heavy atom. The highest BCUT2D eigenvalue weighted by atomic mass is 35.5. The third kappa shape index (κ3) is 5.16. The number of hydrogen-bond donors (Lipinski definition) is 1. The molecule has 0 bridgehead atoms. The number of carbonyl (C=O) groups is 1. The Balaban J connectivity index is 1.67. The highest BCUT2D eigenvalue weighted by molar-refractivity contribution is 6.36. The van der Waals surface area contributed by atoms with Crippen LogP contribution < -0.4 is 10.1 Å². The number of halogens is 2. The molecule has 1 aliphatic heterocycles. The standard InChI is InChI=1S/C21H24Cl2N2O2/c1-27-16-9-7-15(8-10-16)20(25-11-2-3-12-25)14-24-21(26)13-17-18(22)5-4-6-19(17)23/h4-10,20H,2-3,11-14H2,1H3,(H,24,26)/t20-/m1/s1. The molecule has 6 heteroatoms.